The van der Waals surface area contributed by atoms with Gasteiger partial charge in [0.05, 0.1) is 12.7 Å². The van der Waals surface area contributed by atoms with Crippen molar-refractivity contribution in [3.05, 3.63) is 0 Å². The Labute approximate surface area is 118 Å². The monoisotopic (exact) mass is 269 g/mol. The van der Waals surface area contributed by atoms with Crippen LogP contribution in [-0.4, -0.2) is 74.9 Å². The number of nitrogens with zero attached hydrogens (tertiary/aromatic N) is 2. The first-order valence-corrected chi connectivity index (χ1v) is 7.90. The number of piperidine rings is 1. The third-order valence-electron chi connectivity index (χ3n) is 4.40. The van der Waals surface area contributed by atoms with Crippen molar-refractivity contribution in [2.45, 2.75) is 38.8 Å². The predicted molar refractivity (Wildman–Crippen MR) is 79.5 cm³/mol. The lowest BCUT2D eigenvalue weighted by molar-refractivity contribution is -0.0420. The average Bonchev–Trinajstić information content (AvgIpc) is 2.39. The molecule has 0 aliphatic carbocycles. The van der Waals surface area contributed by atoms with Gasteiger partial charge in [-0.1, -0.05) is 0 Å². The van der Waals surface area contributed by atoms with E-state index >= 15 is 0 Å². The van der Waals surface area contributed by atoms with Crippen LogP contribution in [0, 0.1) is 5.92 Å². The minimum atomic E-state index is 0.387. The summed E-state index contributed by atoms with van der Waals surface area (Å²) in [5, 5.41) is 3.52. The normalized spacial score (nSPS) is 30.2. The molecule has 0 spiro atoms. The van der Waals surface area contributed by atoms with Crippen molar-refractivity contribution in [1.29, 1.82) is 0 Å². The van der Waals surface area contributed by atoms with Crippen LogP contribution < -0.4 is 5.32 Å². The number of hydrogen-bond acceptors (Lipinski definition) is 4. The van der Waals surface area contributed by atoms with Gasteiger partial charge in [0.2, 0.25) is 0 Å². The molecule has 0 amide bonds. The molecule has 0 aromatic carbocycles. The molecule has 2 saturated heterocycles. The standard InChI is InChI=1S/C15H31N3O/c1-13(2)18(10-14-5-4-6-16-9-14)12-15-11-17(3)7-8-19-15/h13-16H,4-12H2,1-3H3. The van der Waals surface area contributed by atoms with Crippen LogP contribution in [0.3, 0.4) is 0 Å². The minimum Gasteiger partial charge on any atom is -0.374 e. The molecule has 0 radical (unpaired) electrons. The fourth-order valence-corrected chi connectivity index (χ4v) is 3.15. The van der Waals surface area contributed by atoms with Gasteiger partial charge in [0, 0.05) is 32.2 Å². The van der Waals surface area contributed by atoms with E-state index in [0.29, 0.717) is 12.1 Å². The number of rotatable bonds is 5. The summed E-state index contributed by atoms with van der Waals surface area (Å²) < 4.78 is 5.92. The summed E-state index contributed by atoms with van der Waals surface area (Å²) in [7, 11) is 2.19. The van der Waals surface area contributed by atoms with E-state index in [1.54, 1.807) is 0 Å². The first-order chi connectivity index (χ1) is 9.15. The van der Waals surface area contributed by atoms with Gasteiger partial charge in [-0.25, -0.2) is 0 Å². The Hall–Kier alpha value is -0.160. The molecule has 1 N–H and O–H groups in total. The number of morpholine rings is 1. The number of ether oxygens (including phenoxy) is 1. The highest BCUT2D eigenvalue weighted by Gasteiger charge is 2.24. The zero-order valence-corrected chi connectivity index (χ0v) is 12.9. The molecule has 0 bridgehead atoms. The molecule has 112 valence electrons. The molecule has 4 nitrogen and oxygen atoms in total. The van der Waals surface area contributed by atoms with Gasteiger partial charge in [0.15, 0.2) is 0 Å². The van der Waals surface area contributed by atoms with Crippen molar-refractivity contribution >= 4 is 0 Å². The molecule has 19 heavy (non-hydrogen) atoms. The Bertz CT molecular complexity index is 254. The van der Waals surface area contributed by atoms with Crippen LogP contribution in [0.4, 0.5) is 0 Å². The van der Waals surface area contributed by atoms with Crippen LogP contribution in [0.15, 0.2) is 0 Å². The highest BCUT2D eigenvalue weighted by Crippen LogP contribution is 2.15. The van der Waals surface area contributed by atoms with Crippen LogP contribution in [0.1, 0.15) is 26.7 Å². The van der Waals surface area contributed by atoms with Gasteiger partial charge in [0.1, 0.15) is 0 Å². The second-order valence-electron chi connectivity index (χ2n) is 6.52. The second-order valence-corrected chi connectivity index (χ2v) is 6.52. The molecule has 2 aliphatic rings. The van der Waals surface area contributed by atoms with E-state index in [1.807, 2.05) is 0 Å². The van der Waals surface area contributed by atoms with E-state index in [-0.39, 0.29) is 0 Å². The van der Waals surface area contributed by atoms with E-state index in [9.17, 15) is 0 Å². The Morgan fingerprint density at radius 1 is 1.37 bits per heavy atom. The van der Waals surface area contributed by atoms with Crippen LogP contribution in [0.2, 0.25) is 0 Å². The maximum atomic E-state index is 5.92. The van der Waals surface area contributed by atoms with Crippen LogP contribution >= 0.6 is 0 Å². The van der Waals surface area contributed by atoms with Gasteiger partial charge in [-0.05, 0) is 52.7 Å². The van der Waals surface area contributed by atoms with Crippen molar-refractivity contribution in [3.63, 3.8) is 0 Å². The fourth-order valence-electron chi connectivity index (χ4n) is 3.15. The quantitative estimate of drug-likeness (QED) is 0.807. The Morgan fingerprint density at radius 3 is 2.84 bits per heavy atom. The number of hydrogen-bond donors (Lipinski definition) is 1. The maximum Gasteiger partial charge on any atom is 0.0829 e. The Balaban J connectivity index is 1.81. The number of nitrogens with one attached hydrogen (secondary N) is 1. The topological polar surface area (TPSA) is 27.7 Å². The molecule has 0 aromatic rings. The summed E-state index contributed by atoms with van der Waals surface area (Å²) in [6.07, 6.45) is 3.10. The minimum absolute atomic E-state index is 0.387. The highest BCUT2D eigenvalue weighted by atomic mass is 16.5. The second kappa shape index (κ2) is 7.58. The van der Waals surface area contributed by atoms with Crippen LogP contribution in [0.5, 0.6) is 0 Å². The molecule has 2 aliphatic heterocycles. The largest absolute Gasteiger partial charge is 0.374 e. The Kier molecular flexibility index (Phi) is 6.07. The molecular weight excluding hydrogens is 238 g/mol. The van der Waals surface area contributed by atoms with Crippen LogP contribution in [-0.2, 0) is 4.74 Å². The lowest BCUT2D eigenvalue weighted by Gasteiger charge is -2.37. The van der Waals surface area contributed by atoms with Crippen LogP contribution in [0.25, 0.3) is 0 Å². The zero-order valence-electron chi connectivity index (χ0n) is 12.9. The van der Waals surface area contributed by atoms with Crippen molar-refractivity contribution in [1.82, 2.24) is 15.1 Å². The summed E-state index contributed by atoms with van der Waals surface area (Å²) in [5.41, 5.74) is 0. The van der Waals surface area contributed by atoms with Gasteiger partial charge < -0.3 is 15.0 Å². The third-order valence-corrected chi connectivity index (χ3v) is 4.40. The van der Waals surface area contributed by atoms with Crippen molar-refractivity contribution in [3.8, 4) is 0 Å². The summed E-state index contributed by atoms with van der Waals surface area (Å²) in [4.78, 5) is 5.00. The van der Waals surface area contributed by atoms with E-state index < -0.39 is 0 Å². The predicted octanol–water partition coefficient (Wildman–Crippen LogP) is 1.03. The van der Waals surface area contributed by atoms with E-state index in [4.69, 9.17) is 4.74 Å². The number of likely N-dealkylation sites (N-methyl/N-ethyl adjacent to an activating group) is 1. The first kappa shape index (κ1) is 15.2. The molecule has 2 rings (SSSR count). The summed E-state index contributed by atoms with van der Waals surface area (Å²) in [6, 6.07) is 0.609. The lowest BCUT2D eigenvalue weighted by Crippen LogP contribution is -2.49. The first-order valence-electron chi connectivity index (χ1n) is 7.90. The molecule has 2 heterocycles. The molecular formula is C15H31N3O. The van der Waals surface area contributed by atoms with E-state index in [2.05, 4.69) is 36.0 Å². The van der Waals surface area contributed by atoms with E-state index in [1.165, 1.54) is 32.5 Å². The van der Waals surface area contributed by atoms with Gasteiger partial charge in [-0.2, -0.15) is 0 Å². The molecule has 2 unspecified atom stereocenters. The Morgan fingerprint density at radius 2 is 2.21 bits per heavy atom. The molecule has 2 fully saturated rings. The zero-order chi connectivity index (χ0) is 13.7. The smallest absolute Gasteiger partial charge is 0.0829 e. The highest BCUT2D eigenvalue weighted by molar-refractivity contribution is 4.79. The lowest BCUT2D eigenvalue weighted by atomic mass is 9.98. The van der Waals surface area contributed by atoms with Gasteiger partial charge >= 0.3 is 0 Å². The summed E-state index contributed by atoms with van der Waals surface area (Å²) >= 11 is 0. The third kappa shape index (κ3) is 5.03. The van der Waals surface area contributed by atoms with Crippen molar-refractivity contribution < 1.29 is 4.74 Å². The summed E-state index contributed by atoms with van der Waals surface area (Å²) in [6.45, 7) is 12.3. The fraction of sp³-hybridized carbons (Fsp3) is 1.00. The molecule has 0 aromatic heterocycles. The van der Waals surface area contributed by atoms with Gasteiger partial charge in [-0.3, -0.25) is 4.90 Å². The van der Waals surface area contributed by atoms with E-state index in [0.717, 1.165) is 32.2 Å². The molecule has 0 saturated carbocycles. The van der Waals surface area contributed by atoms with Crippen molar-refractivity contribution in [2.75, 3.05) is 52.9 Å². The van der Waals surface area contributed by atoms with Gasteiger partial charge in [0.25, 0.3) is 0 Å². The molecule has 2 atom stereocenters. The van der Waals surface area contributed by atoms with Gasteiger partial charge in [-0.15, -0.1) is 0 Å². The average molecular weight is 269 g/mol. The SMILES string of the molecule is CC(C)N(CC1CCCNC1)CC1CN(C)CCO1. The summed E-state index contributed by atoms with van der Waals surface area (Å²) in [5.74, 6) is 0.817. The molecule has 4 heteroatoms. The maximum absolute atomic E-state index is 5.92. The van der Waals surface area contributed by atoms with Crippen molar-refractivity contribution in [2.24, 2.45) is 5.92 Å².